The van der Waals surface area contributed by atoms with Gasteiger partial charge in [0.2, 0.25) is 5.91 Å². The number of hydrogen-bond acceptors (Lipinski definition) is 4. The Morgan fingerprint density at radius 1 is 1.38 bits per heavy atom. The van der Waals surface area contributed by atoms with E-state index in [9.17, 15) is 19.7 Å². The monoisotopic (exact) mass is 359 g/mol. The average molecular weight is 359 g/mol. The molecule has 2 fully saturated rings. The number of nitrogens with one attached hydrogen (secondary N) is 2. The predicted octanol–water partition coefficient (Wildman–Crippen LogP) is 2.72. The lowest BCUT2D eigenvalue weighted by atomic mass is 9.70. The summed E-state index contributed by atoms with van der Waals surface area (Å²) < 4.78 is 0. The van der Waals surface area contributed by atoms with Gasteiger partial charge in [-0.2, -0.15) is 0 Å². The Morgan fingerprint density at radius 2 is 2.15 bits per heavy atom. The van der Waals surface area contributed by atoms with Crippen molar-refractivity contribution in [2.24, 2.45) is 11.8 Å². The fourth-order valence-corrected chi connectivity index (χ4v) is 4.37. The van der Waals surface area contributed by atoms with Crippen LogP contribution < -0.4 is 10.6 Å². The first-order valence-electron chi connectivity index (χ1n) is 9.24. The molecule has 0 bridgehead atoms. The van der Waals surface area contributed by atoms with Crippen LogP contribution in [0.1, 0.15) is 54.9 Å². The Balaban J connectivity index is 1.67. The topological polar surface area (TPSA) is 101 Å². The first-order valence-corrected chi connectivity index (χ1v) is 9.24. The van der Waals surface area contributed by atoms with Gasteiger partial charge in [0.05, 0.1) is 4.92 Å². The second kappa shape index (κ2) is 7.43. The zero-order valence-corrected chi connectivity index (χ0v) is 15.2. The van der Waals surface area contributed by atoms with E-state index in [1.54, 1.807) is 19.1 Å². The molecule has 3 rings (SSSR count). The number of nitrogens with zero attached hydrogens (tertiary/aromatic N) is 1. The number of hydrogen-bond donors (Lipinski definition) is 2. The molecule has 1 aliphatic carbocycles. The maximum Gasteiger partial charge on any atom is 0.273 e. The Kier molecular flexibility index (Phi) is 5.25. The summed E-state index contributed by atoms with van der Waals surface area (Å²) in [6.07, 6.45) is 4.16. The van der Waals surface area contributed by atoms with Crippen LogP contribution in [-0.4, -0.2) is 28.8 Å². The van der Waals surface area contributed by atoms with E-state index in [0.29, 0.717) is 35.8 Å². The summed E-state index contributed by atoms with van der Waals surface area (Å²) in [5.41, 5.74) is 0.776. The summed E-state index contributed by atoms with van der Waals surface area (Å²) in [6.45, 7) is 3.77. The van der Waals surface area contributed by atoms with Crippen molar-refractivity contribution in [1.29, 1.82) is 0 Å². The molecule has 1 aliphatic heterocycles. The van der Waals surface area contributed by atoms with Crippen LogP contribution in [0, 0.1) is 28.9 Å². The van der Waals surface area contributed by atoms with Crippen molar-refractivity contribution >= 4 is 17.5 Å². The van der Waals surface area contributed by atoms with E-state index >= 15 is 0 Å². The molecule has 1 aromatic carbocycles. The zero-order chi connectivity index (χ0) is 18.8. The Bertz CT molecular complexity index is 733. The molecule has 1 saturated carbocycles. The summed E-state index contributed by atoms with van der Waals surface area (Å²) >= 11 is 0. The van der Waals surface area contributed by atoms with Gasteiger partial charge in [0, 0.05) is 35.7 Å². The molecule has 2 aliphatic rings. The lowest BCUT2D eigenvalue weighted by Crippen LogP contribution is -2.55. The van der Waals surface area contributed by atoms with E-state index in [2.05, 4.69) is 17.6 Å². The van der Waals surface area contributed by atoms with E-state index in [0.717, 1.165) is 19.3 Å². The van der Waals surface area contributed by atoms with Gasteiger partial charge >= 0.3 is 0 Å². The highest BCUT2D eigenvalue weighted by molar-refractivity contribution is 5.95. The lowest BCUT2D eigenvalue weighted by Gasteiger charge is -2.44. The molecule has 2 N–H and O–H groups in total. The molecule has 140 valence electrons. The molecule has 1 heterocycles. The number of aryl methyl sites for hydroxylation is 1. The number of carbonyl (C=O) groups excluding carboxylic acids is 2. The molecule has 7 nitrogen and oxygen atoms in total. The number of amides is 2. The fraction of sp³-hybridized carbons (Fsp3) is 0.579. The van der Waals surface area contributed by atoms with Gasteiger partial charge in [0.15, 0.2) is 0 Å². The minimum Gasteiger partial charge on any atom is -0.353 e. The Morgan fingerprint density at radius 3 is 2.85 bits per heavy atom. The quantitative estimate of drug-likeness (QED) is 0.637. The van der Waals surface area contributed by atoms with E-state index in [-0.39, 0.29) is 29.6 Å². The highest BCUT2D eigenvalue weighted by atomic mass is 16.6. The van der Waals surface area contributed by atoms with Crippen LogP contribution in [-0.2, 0) is 4.79 Å². The van der Waals surface area contributed by atoms with E-state index < -0.39 is 4.92 Å². The highest BCUT2D eigenvalue weighted by Crippen LogP contribution is 2.37. The maximum absolute atomic E-state index is 12.5. The smallest absolute Gasteiger partial charge is 0.273 e. The second-order valence-electron chi connectivity index (χ2n) is 7.45. The van der Waals surface area contributed by atoms with Crippen LogP contribution in [0.3, 0.4) is 0 Å². The number of benzene rings is 1. The zero-order valence-electron chi connectivity index (χ0n) is 15.2. The highest BCUT2D eigenvalue weighted by Gasteiger charge is 2.40. The first kappa shape index (κ1) is 18.4. The van der Waals surface area contributed by atoms with Gasteiger partial charge in [-0.3, -0.25) is 19.7 Å². The van der Waals surface area contributed by atoms with Crippen molar-refractivity contribution < 1.29 is 14.5 Å². The van der Waals surface area contributed by atoms with Crippen molar-refractivity contribution in [2.75, 3.05) is 0 Å². The molecule has 0 radical (unpaired) electrons. The molecule has 2 amide bonds. The molecule has 1 saturated heterocycles. The number of nitro benzene ring substituents is 1. The summed E-state index contributed by atoms with van der Waals surface area (Å²) in [4.78, 5) is 35.0. The molecule has 4 unspecified atom stereocenters. The number of fused-ring (bicyclic) bond motifs is 1. The van der Waals surface area contributed by atoms with Crippen molar-refractivity contribution in [3.63, 3.8) is 0 Å². The second-order valence-corrected chi connectivity index (χ2v) is 7.45. The molecule has 4 atom stereocenters. The summed E-state index contributed by atoms with van der Waals surface area (Å²) in [5, 5.41) is 17.1. The van der Waals surface area contributed by atoms with Crippen molar-refractivity contribution in [1.82, 2.24) is 10.6 Å². The third-order valence-electron chi connectivity index (χ3n) is 5.83. The van der Waals surface area contributed by atoms with Gasteiger partial charge in [0.1, 0.15) is 0 Å². The van der Waals surface area contributed by atoms with Crippen molar-refractivity contribution in [2.45, 2.75) is 58.0 Å². The standard InChI is InChI=1S/C19H25N3O4/c1-3-12-9-18(23)21-16-10-14(6-7-15(12)16)20-19(24)13-5-4-11(2)17(8-13)22(25)26/h4-5,8,12,14-16H,3,6-7,9-10H2,1-2H3,(H,20,24)(H,21,23). The molecule has 7 heteroatoms. The average Bonchev–Trinajstić information content (AvgIpc) is 2.60. The van der Waals surface area contributed by atoms with Crippen LogP contribution in [0.4, 0.5) is 5.69 Å². The van der Waals surface area contributed by atoms with Gasteiger partial charge < -0.3 is 10.6 Å². The molecule has 1 aromatic rings. The molecule has 0 aromatic heterocycles. The van der Waals surface area contributed by atoms with Gasteiger partial charge in [-0.25, -0.2) is 0 Å². The first-order chi connectivity index (χ1) is 12.4. The number of piperidine rings is 1. The van der Waals surface area contributed by atoms with E-state index in [1.165, 1.54) is 6.07 Å². The minimum atomic E-state index is -0.472. The predicted molar refractivity (Wildman–Crippen MR) is 96.8 cm³/mol. The van der Waals surface area contributed by atoms with Crippen LogP contribution in [0.5, 0.6) is 0 Å². The largest absolute Gasteiger partial charge is 0.353 e. The molecule has 0 spiro atoms. The number of rotatable bonds is 4. The third kappa shape index (κ3) is 3.71. The van der Waals surface area contributed by atoms with Gasteiger partial charge in [0.25, 0.3) is 11.6 Å². The minimum absolute atomic E-state index is 0.0278. The lowest BCUT2D eigenvalue weighted by molar-refractivity contribution is -0.385. The maximum atomic E-state index is 12.5. The van der Waals surface area contributed by atoms with E-state index in [1.807, 2.05) is 0 Å². The third-order valence-corrected chi connectivity index (χ3v) is 5.83. The number of nitro groups is 1. The van der Waals surface area contributed by atoms with E-state index in [4.69, 9.17) is 0 Å². The van der Waals surface area contributed by atoms with Crippen LogP contribution in [0.15, 0.2) is 18.2 Å². The van der Waals surface area contributed by atoms with Gasteiger partial charge in [-0.05, 0) is 44.1 Å². The van der Waals surface area contributed by atoms with Gasteiger partial charge in [-0.1, -0.05) is 19.4 Å². The Hall–Kier alpha value is -2.44. The molecular formula is C19H25N3O4. The van der Waals surface area contributed by atoms with Gasteiger partial charge in [-0.15, -0.1) is 0 Å². The fourth-order valence-electron chi connectivity index (χ4n) is 4.37. The Labute approximate surface area is 152 Å². The SMILES string of the molecule is CCC1CC(=O)NC2CC(NC(=O)c3ccc(C)c([N+](=O)[O-])c3)CCC12. The normalized spacial score (nSPS) is 28.0. The summed E-state index contributed by atoms with van der Waals surface area (Å²) in [7, 11) is 0. The summed E-state index contributed by atoms with van der Waals surface area (Å²) in [5.74, 6) is 0.696. The van der Waals surface area contributed by atoms with Crippen molar-refractivity contribution in [3.8, 4) is 0 Å². The van der Waals surface area contributed by atoms with Crippen LogP contribution in [0.25, 0.3) is 0 Å². The van der Waals surface area contributed by atoms with Crippen LogP contribution in [0.2, 0.25) is 0 Å². The van der Waals surface area contributed by atoms with Crippen molar-refractivity contribution in [3.05, 3.63) is 39.4 Å². The van der Waals surface area contributed by atoms with Crippen LogP contribution >= 0.6 is 0 Å². The molecular weight excluding hydrogens is 334 g/mol. The molecule has 26 heavy (non-hydrogen) atoms. The number of carbonyl (C=O) groups is 2. The summed E-state index contributed by atoms with van der Waals surface area (Å²) in [6, 6.07) is 4.61.